The van der Waals surface area contributed by atoms with E-state index in [1.165, 1.54) is 51.4 Å². The first-order valence-electron chi connectivity index (χ1n) is 8.24. The molecule has 0 saturated carbocycles. The van der Waals surface area contributed by atoms with Crippen LogP contribution in [0.1, 0.15) is 79.1 Å². The summed E-state index contributed by atoms with van der Waals surface area (Å²) in [6, 6.07) is 0. The van der Waals surface area contributed by atoms with Gasteiger partial charge in [0, 0.05) is 0 Å². The molecule has 0 amide bonds. The zero-order chi connectivity index (χ0) is 13.0. The van der Waals surface area contributed by atoms with Gasteiger partial charge >= 0.3 is 115 Å². The number of hydrogen-bond donors (Lipinski definition) is 0. The van der Waals surface area contributed by atoms with Crippen LogP contribution in [0.2, 0.25) is 18.9 Å². The molecule has 0 fully saturated rings. The minimum absolute atomic E-state index is 0. The molecule has 1 nitrogen and oxygen atoms in total. The molecule has 0 aliphatic carbocycles. The Labute approximate surface area is 120 Å². The van der Waals surface area contributed by atoms with Crippen LogP contribution >= 0.6 is 0 Å². The van der Waals surface area contributed by atoms with Crippen LogP contribution in [0.4, 0.5) is 0 Å². The third-order valence-electron chi connectivity index (χ3n) is 4.24. The number of unbranched alkanes of at least 4 members (excludes halogenated alkanes) is 4. The summed E-state index contributed by atoms with van der Waals surface area (Å²) in [5, 5.41) is 0. The molecule has 0 atom stereocenters. The van der Waals surface area contributed by atoms with Gasteiger partial charge in [0.25, 0.3) is 0 Å². The van der Waals surface area contributed by atoms with Gasteiger partial charge in [-0.2, -0.15) is 0 Å². The van der Waals surface area contributed by atoms with Crippen LogP contribution in [0, 0.1) is 0 Å². The van der Waals surface area contributed by atoms with Crippen molar-refractivity contribution in [2.75, 3.05) is 0 Å². The summed E-state index contributed by atoms with van der Waals surface area (Å²) in [7, 11) is 0. The van der Waals surface area contributed by atoms with E-state index in [-0.39, 0.29) is 5.48 Å². The van der Waals surface area contributed by atoms with Crippen LogP contribution in [0.3, 0.4) is 0 Å². The molecule has 0 aromatic rings. The van der Waals surface area contributed by atoms with E-state index in [2.05, 4.69) is 27.7 Å². The van der Waals surface area contributed by atoms with E-state index in [4.69, 9.17) is 0 Å². The fourth-order valence-electron chi connectivity index (χ4n) is 2.96. The Morgan fingerprint density at radius 1 is 0.500 bits per heavy atom. The van der Waals surface area contributed by atoms with Gasteiger partial charge in [0.1, 0.15) is 0 Å². The smallest absolute Gasteiger partial charge is 0.412 e. The van der Waals surface area contributed by atoms with Crippen molar-refractivity contribution in [3.05, 3.63) is 0 Å². The van der Waals surface area contributed by atoms with Gasteiger partial charge < -0.3 is 5.48 Å². The third-order valence-corrected chi connectivity index (χ3v) is 13.1. The molecule has 0 spiro atoms. The maximum absolute atomic E-state index is 2.37. The molecule has 0 aliphatic heterocycles. The summed E-state index contributed by atoms with van der Waals surface area (Å²) in [6.45, 7) is 9.47. The Balaban J connectivity index is 0. The SMILES string of the molecule is CCC[CH2][Ti]([CH2]CCC)([CH2]CCC)[CH2]CCC.O. The molecule has 0 heterocycles. The molecule has 0 bridgehead atoms. The molecule has 2 N–H and O–H groups in total. The summed E-state index contributed by atoms with van der Waals surface area (Å²) < 4.78 is 6.71. The summed E-state index contributed by atoms with van der Waals surface area (Å²) in [6.07, 6.45) is 11.8. The first-order chi connectivity index (χ1) is 8.24. The zero-order valence-electron chi connectivity index (χ0n) is 13.5. The predicted molar refractivity (Wildman–Crippen MR) is 82.5 cm³/mol. The second-order valence-corrected chi connectivity index (χ2v) is 13.7. The van der Waals surface area contributed by atoms with Crippen molar-refractivity contribution in [1.82, 2.24) is 0 Å². The maximum Gasteiger partial charge on any atom is -0.412 e. The molecular weight excluding hydrogens is 256 g/mol. The monoisotopic (exact) mass is 294 g/mol. The molecule has 112 valence electrons. The van der Waals surface area contributed by atoms with Crippen molar-refractivity contribution in [2.24, 2.45) is 0 Å². The topological polar surface area (TPSA) is 31.5 Å². The minimum Gasteiger partial charge on any atom is -0.412 e. The molecular formula is C16H38OTi. The number of rotatable bonds is 12. The van der Waals surface area contributed by atoms with E-state index in [1.807, 2.05) is 0 Å². The van der Waals surface area contributed by atoms with Crippen molar-refractivity contribution in [1.29, 1.82) is 0 Å². The Kier molecular flexibility index (Phi) is 16.4. The van der Waals surface area contributed by atoms with Gasteiger partial charge in [-0.1, -0.05) is 0 Å². The molecule has 0 saturated heterocycles. The molecule has 0 aliphatic rings. The normalized spacial score (nSPS) is 11.3. The average molecular weight is 294 g/mol. The predicted octanol–water partition coefficient (Wildman–Crippen LogP) is 6.19. The summed E-state index contributed by atoms with van der Waals surface area (Å²) in [5.41, 5.74) is 0. The minimum atomic E-state index is -1.43. The van der Waals surface area contributed by atoms with E-state index >= 15 is 0 Å². The first kappa shape index (κ1) is 21.0. The van der Waals surface area contributed by atoms with Gasteiger partial charge in [-0.15, -0.1) is 0 Å². The fourth-order valence-corrected chi connectivity index (χ4v) is 12.2. The van der Waals surface area contributed by atoms with Crippen LogP contribution in [0.25, 0.3) is 0 Å². The van der Waals surface area contributed by atoms with Crippen molar-refractivity contribution >= 4 is 0 Å². The van der Waals surface area contributed by atoms with Gasteiger partial charge in [0.15, 0.2) is 0 Å². The molecule has 0 radical (unpaired) electrons. The summed E-state index contributed by atoms with van der Waals surface area (Å²) in [5.74, 6) is 0. The van der Waals surface area contributed by atoms with Crippen LogP contribution < -0.4 is 0 Å². The quantitative estimate of drug-likeness (QED) is 0.384. The van der Waals surface area contributed by atoms with Crippen molar-refractivity contribution < 1.29 is 22.1 Å². The zero-order valence-corrected chi connectivity index (χ0v) is 15.0. The molecule has 0 aromatic heterocycles. The maximum atomic E-state index is 2.37. The van der Waals surface area contributed by atoms with Gasteiger partial charge in [-0.25, -0.2) is 0 Å². The standard InChI is InChI=1S/4C4H9.H2O.Ti/c4*1-3-4-2;;/h4*1,3-4H2,2H3;1H2;. The van der Waals surface area contributed by atoms with Gasteiger partial charge in [-0.3, -0.25) is 0 Å². The van der Waals surface area contributed by atoms with Crippen LogP contribution in [0.5, 0.6) is 0 Å². The molecule has 0 rings (SSSR count). The van der Waals surface area contributed by atoms with Crippen LogP contribution in [0.15, 0.2) is 0 Å². The summed E-state index contributed by atoms with van der Waals surface area (Å²) in [4.78, 5) is 0. The Morgan fingerprint density at radius 3 is 0.889 bits per heavy atom. The van der Waals surface area contributed by atoms with Crippen molar-refractivity contribution in [3.8, 4) is 0 Å². The molecule has 0 aromatic carbocycles. The van der Waals surface area contributed by atoms with E-state index in [0.29, 0.717) is 0 Å². The Morgan fingerprint density at radius 2 is 0.722 bits per heavy atom. The largest absolute Gasteiger partial charge is 0.412 e. The second-order valence-electron chi connectivity index (χ2n) is 5.91. The van der Waals surface area contributed by atoms with Gasteiger partial charge in [0.05, 0.1) is 0 Å². The van der Waals surface area contributed by atoms with Crippen molar-refractivity contribution in [3.63, 3.8) is 0 Å². The second kappa shape index (κ2) is 14.1. The Bertz CT molecular complexity index is 122. The van der Waals surface area contributed by atoms with Crippen molar-refractivity contribution in [2.45, 2.75) is 98.0 Å². The van der Waals surface area contributed by atoms with E-state index < -0.39 is 16.6 Å². The summed E-state index contributed by atoms with van der Waals surface area (Å²) >= 11 is -1.43. The van der Waals surface area contributed by atoms with Gasteiger partial charge in [0.2, 0.25) is 0 Å². The van der Waals surface area contributed by atoms with Crippen LogP contribution in [-0.2, 0) is 16.6 Å². The average Bonchev–Trinajstić information content (AvgIpc) is 2.37. The molecule has 2 heteroatoms. The third kappa shape index (κ3) is 9.58. The van der Waals surface area contributed by atoms with Crippen LogP contribution in [-0.4, -0.2) is 5.48 Å². The van der Waals surface area contributed by atoms with E-state index in [9.17, 15) is 0 Å². The Hall–Kier alpha value is 0.674. The first-order valence-corrected chi connectivity index (χ1v) is 12.7. The van der Waals surface area contributed by atoms with E-state index in [1.54, 1.807) is 18.9 Å². The number of hydrogen-bond acceptors (Lipinski definition) is 0. The molecule has 0 unspecified atom stereocenters. The fraction of sp³-hybridized carbons (Fsp3) is 1.00. The molecule has 18 heavy (non-hydrogen) atoms. The van der Waals surface area contributed by atoms with Gasteiger partial charge in [-0.05, 0) is 0 Å². The van der Waals surface area contributed by atoms with E-state index in [0.717, 1.165) is 0 Å².